The van der Waals surface area contributed by atoms with Crippen molar-refractivity contribution in [2.45, 2.75) is 19.1 Å². The van der Waals surface area contributed by atoms with Crippen LogP contribution in [-0.4, -0.2) is 24.1 Å². The number of hydrogen-bond acceptors (Lipinski definition) is 6. The number of amides is 1. The van der Waals surface area contributed by atoms with Gasteiger partial charge in [0.05, 0.1) is 12.0 Å². The summed E-state index contributed by atoms with van der Waals surface area (Å²) in [6.45, 7) is -0.0578. The maximum atomic E-state index is 11.3. The van der Waals surface area contributed by atoms with Gasteiger partial charge in [-0.25, -0.2) is 4.79 Å². The van der Waals surface area contributed by atoms with Crippen molar-refractivity contribution in [3.05, 3.63) is 35.9 Å². The second-order valence-electron chi connectivity index (χ2n) is 3.65. The minimum atomic E-state index is -1.72. The molecule has 0 saturated carbocycles. The van der Waals surface area contributed by atoms with Gasteiger partial charge in [0.2, 0.25) is 0 Å². The number of rotatable bonds is 6. The van der Waals surface area contributed by atoms with E-state index in [1.165, 1.54) is 0 Å². The van der Waals surface area contributed by atoms with Gasteiger partial charge in [0.25, 0.3) is 0 Å². The Morgan fingerprint density at radius 3 is 2.32 bits per heavy atom. The molecule has 1 aromatic carbocycles. The Kier molecular flexibility index (Phi) is 5.34. The number of nitrogens with one attached hydrogen (secondary N) is 1. The minimum Gasteiger partial charge on any atom is -0.550 e. The van der Waals surface area contributed by atoms with Crippen LogP contribution in [0.15, 0.2) is 30.3 Å². The zero-order chi connectivity index (χ0) is 14.3. The summed E-state index contributed by atoms with van der Waals surface area (Å²) in [7, 11) is 0. The van der Waals surface area contributed by atoms with Crippen LogP contribution in [0.3, 0.4) is 0 Å². The van der Waals surface area contributed by atoms with Gasteiger partial charge in [-0.05, 0) is 5.56 Å². The predicted molar refractivity (Wildman–Crippen MR) is 58.2 cm³/mol. The molecule has 1 unspecified atom stereocenters. The van der Waals surface area contributed by atoms with Crippen molar-refractivity contribution in [2.24, 2.45) is 0 Å². The highest BCUT2D eigenvalue weighted by Gasteiger charge is 2.14. The minimum absolute atomic E-state index is 0.0578. The number of aliphatic carboxylic acids is 2. The molecule has 0 bridgehead atoms. The summed E-state index contributed by atoms with van der Waals surface area (Å²) < 4.78 is 4.74. The van der Waals surface area contributed by atoms with Crippen LogP contribution in [0.25, 0.3) is 0 Å². The maximum Gasteiger partial charge on any atom is 0.408 e. The molecule has 1 rings (SSSR count). The Hall–Kier alpha value is -2.57. The number of carboxylic acid groups (broad SMARTS) is 2. The zero-order valence-corrected chi connectivity index (χ0v) is 9.83. The molecule has 7 heteroatoms. The Bertz CT molecular complexity index is 459. The van der Waals surface area contributed by atoms with E-state index in [0.717, 1.165) is 0 Å². The Balaban J connectivity index is 2.45. The number of carboxylic acids is 2. The van der Waals surface area contributed by atoms with Crippen LogP contribution in [0.1, 0.15) is 12.0 Å². The van der Waals surface area contributed by atoms with Gasteiger partial charge in [0, 0.05) is 12.4 Å². The summed E-state index contributed by atoms with van der Waals surface area (Å²) in [6, 6.07) is 7.02. The van der Waals surface area contributed by atoms with Crippen LogP contribution in [-0.2, 0) is 20.9 Å². The molecule has 0 fully saturated rings. The molecule has 0 saturated heterocycles. The fourth-order valence-electron chi connectivity index (χ4n) is 1.27. The summed E-state index contributed by atoms with van der Waals surface area (Å²) in [5.41, 5.74) is 0.711. The van der Waals surface area contributed by atoms with E-state index < -0.39 is 30.5 Å². The van der Waals surface area contributed by atoms with Crippen LogP contribution in [0, 0.1) is 0 Å². The van der Waals surface area contributed by atoms with Gasteiger partial charge in [-0.3, -0.25) is 0 Å². The van der Waals surface area contributed by atoms with Crippen LogP contribution in [0.4, 0.5) is 4.79 Å². The van der Waals surface area contributed by atoms with E-state index in [-0.39, 0.29) is 6.61 Å². The Morgan fingerprint density at radius 2 is 1.79 bits per heavy atom. The third-order valence-corrected chi connectivity index (χ3v) is 2.16. The number of alkyl carbamates (subject to hydrolysis) is 1. The first-order valence-electron chi connectivity index (χ1n) is 5.37. The topological polar surface area (TPSA) is 119 Å². The molecule has 0 aromatic heterocycles. The molecule has 0 aliphatic rings. The standard InChI is InChI=1S/C12H13NO6/c14-10(15)6-9(11(16)17)13-12(18)19-7-8-4-2-1-3-5-8/h1-5,9H,6-7H2,(H,13,18)(H,14,15)(H,16,17)/p-2. The van der Waals surface area contributed by atoms with Crippen molar-refractivity contribution in [3.8, 4) is 0 Å². The fourth-order valence-corrected chi connectivity index (χ4v) is 1.27. The molecule has 0 heterocycles. The molecule has 0 radical (unpaired) electrons. The highest BCUT2D eigenvalue weighted by molar-refractivity contribution is 5.82. The third kappa shape index (κ3) is 5.53. The van der Waals surface area contributed by atoms with E-state index in [2.05, 4.69) is 0 Å². The molecular weight excluding hydrogens is 254 g/mol. The largest absolute Gasteiger partial charge is 0.550 e. The quantitative estimate of drug-likeness (QED) is 0.646. The van der Waals surface area contributed by atoms with Gasteiger partial charge in [-0.1, -0.05) is 30.3 Å². The first kappa shape index (κ1) is 14.5. The molecular formula is C12H11NO6-2. The summed E-state index contributed by atoms with van der Waals surface area (Å²) in [5.74, 6) is -3.33. The highest BCUT2D eigenvalue weighted by Crippen LogP contribution is 2.01. The lowest BCUT2D eigenvalue weighted by Gasteiger charge is -2.19. The molecule has 0 aliphatic carbocycles. The van der Waals surface area contributed by atoms with E-state index in [9.17, 15) is 24.6 Å². The van der Waals surface area contributed by atoms with Crippen molar-refractivity contribution in [1.82, 2.24) is 5.32 Å². The number of benzene rings is 1. The van der Waals surface area contributed by atoms with Crippen molar-refractivity contribution in [3.63, 3.8) is 0 Å². The number of ether oxygens (including phenoxy) is 1. The first-order chi connectivity index (χ1) is 8.99. The van der Waals surface area contributed by atoms with Crippen LogP contribution < -0.4 is 15.5 Å². The molecule has 1 aromatic rings. The van der Waals surface area contributed by atoms with E-state index in [0.29, 0.717) is 5.56 Å². The number of carbonyl (C=O) groups excluding carboxylic acids is 3. The average Bonchev–Trinajstić information content (AvgIpc) is 2.36. The molecule has 0 aliphatic heterocycles. The van der Waals surface area contributed by atoms with Crippen molar-refractivity contribution < 1.29 is 29.3 Å². The summed E-state index contributed by atoms with van der Waals surface area (Å²) in [5, 5.41) is 22.7. The van der Waals surface area contributed by atoms with Gasteiger partial charge in [0.15, 0.2) is 0 Å². The molecule has 102 valence electrons. The van der Waals surface area contributed by atoms with E-state index in [1.54, 1.807) is 30.3 Å². The molecule has 19 heavy (non-hydrogen) atoms. The second kappa shape index (κ2) is 7.00. The SMILES string of the molecule is O=C([O-])CC(NC(=O)OCc1ccccc1)C(=O)[O-]. The van der Waals surface area contributed by atoms with Crippen LogP contribution in [0.2, 0.25) is 0 Å². The lowest BCUT2D eigenvalue weighted by atomic mass is 10.2. The molecule has 1 amide bonds. The van der Waals surface area contributed by atoms with Crippen molar-refractivity contribution in [1.29, 1.82) is 0 Å². The van der Waals surface area contributed by atoms with Crippen molar-refractivity contribution >= 4 is 18.0 Å². The van der Waals surface area contributed by atoms with E-state index >= 15 is 0 Å². The van der Waals surface area contributed by atoms with Crippen molar-refractivity contribution in [2.75, 3.05) is 0 Å². The zero-order valence-electron chi connectivity index (χ0n) is 9.83. The predicted octanol–water partition coefficient (Wildman–Crippen LogP) is -1.83. The molecule has 0 spiro atoms. The van der Waals surface area contributed by atoms with E-state index in [1.807, 2.05) is 5.32 Å². The van der Waals surface area contributed by atoms with Gasteiger partial charge in [-0.15, -0.1) is 0 Å². The third-order valence-electron chi connectivity index (χ3n) is 2.16. The molecule has 1 atom stereocenters. The maximum absolute atomic E-state index is 11.3. The van der Waals surface area contributed by atoms with Crippen LogP contribution >= 0.6 is 0 Å². The van der Waals surface area contributed by atoms with Gasteiger partial charge >= 0.3 is 6.09 Å². The Labute approximate surface area is 108 Å². The lowest BCUT2D eigenvalue weighted by Crippen LogP contribution is -2.50. The lowest BCUT2D eigenvalue weighted by molar-refractivity contribution is -0.317. The summed E-state index contributed by atoms with van der Waals surface area (Å²) >= 11 is 0. The van der Waals surface area contributed by atoms with E-state index in [4.69, 9.17) is 4.74 Å². The summed E-state index contributed by atoms with van der Waals surface area (Å²) in [6.07, 6.45) is -1.93. The number of hydrogen-bond donors (Lipinski definition) is 1. The smallest absolute Gasteiger partial charge is 0.408 e. The normalized spacial score (nSPS) is 11.4. The van der Waals surface area contributed by atoms with Gasteiger partial charge < -0.3 is 29.9 Å². The van der Waals surface area contributed by atoms with Crippen LogP contribution in [0.5, 0.6) is 0 Å². The molecule has 1 N–H and O–H groups in total. The first-order valence-corrected chi connectivity index (χ1v) is 5.37. The average molecular weight is 265 g/mol. The fraction of sp³-hybridized carbons (Fsp3) is 0.250. The molecule has 7 nitrogen and oxygen atoms in total. The second-order valence-corrected chi connectivity index (χ2v) is 3.65. The Morgan fingerprint density at radius 1 is 1.16 bits per heavy atom. The summed E-state index contributed by atoms with van der Waals surface area (Å²) in [4.78, 5) is 32.1. The number of carbonyl (C=O) groups is 3. The van der Waals surface area contributed by atoms with Gasteiger partial charge in [-0.2, -0.15) is 0 Å². The monoisotopic (exact) mass is 265 g/mol. The highest BCUT2D eigenvalue weighted by atomic mass is 16.5. The van der Waals surface area contributed by atoms with Gasteiger partial charge in [0.1, 0.15) is 6.61 Å².